The maximum absolute atomic E-state index is 12.6. The molecule has 1 atom stereocenters. The molecule has 1 N–H and O–H groups in total. The van der Waals surface area contributed by atoms with Crippen molar-refractivity contribution in [1.29, 1.82) is 0 Å². The number of carbonyl (C=O) groups excluding carboxylic acids is 2. The number of hydrogen-bond donors (Lipinski definition) is 1. The van der Waals surface area contributed by atoms with Crippen LogP contribution in [0, 0.1) is 12.0 Å². The van der Waals surface area contributed by atoms with Crippen molar-refractivity contribution in [1.82, 2.24) is 9.80 Å². The molecule has 0 spiro atoms. The SMILES string of the molecule is COc1cc2c(cc1OC)C(Nc1ccccc1)N(C#CCN1C(=O)c3ccccc3C1=O)C=N2. The number of aliphatic imine (C=N–C) groups is 1. The molecular weight excluding hydrogens is 444 g/mol. The molecule has 0 saturated heterocycles. The van der Waals surface area contributed by atoms with Crippen LogP contribution in [0.15, 0.2) is 71.7 Å². The van der Waals surface area contributed by atoms with Crippen LogP contribution in [0.4, 0.5) is 11.4 Å². The van der Waals surface area contributed by atoms with Gasteiger partial charge in [-0.05, 0) is 30.3 Å². The number of ether oxygens (including phenoxy) is 2. The van der Waals surface area contributed by atoms with Gasteiger partial charge in [0.05, 0.1) is 37.6 Å². The van der Waals surface area contributed by atoms with Crippen molar-refractivity contribution in [3.63, 3.8) is 0 Å². The van der Waals surface area contributed by atoms with Gasteiger partial charge >= 0.3 is 0 Å². The third-order valence-electron chi connectivity index (χ3n) is 5.83. The Hall–Kier alpha value is -4.77. The molecule has 2 amide bonds. The summed E-state index contributed by atoms with van der Waals surface area (Å²) in [6.45, 7) is -0.0342. The molecule has 8 nitrogen and oxygen atoms in total. The maximum Gasteiger partial charge on any atom is 0.262 e. The Bertz CT molecular complexity index is 1360. The Morgan fingerprint density at radius 3 is 2.20 bits per heavy atom. The van der Waals surface area contributed by atoms with Gasteiger partial charge in [0.25, 0.3) is 11.8 Å². The lowest BCUT2D eigenvalue weighted by molar-refractivity contribution is 0.0674. The molecular formula is C27H22N4O4. The Balaban J connectivity index is 1.45. The van der Waals surface area contributed by atoms with Crippen molar-refractivity contribution in [3.8, 4) is 23.5 Å². The number of anilines is 1. The van der Waals surface area contributed by atoms with Crippen molar-refractivity contribution < 1.29 is 19.1 Å². The normalized spacial score (nSPS) is 15.8. The van der Waals surface area contributed by atoms with Crippen LogP contribution >= 0.6 is 0 Å². The van der Waals surface area contributed by atoms with Gasteiger partial charge < -0.3 is 14.8 Å². The molecule has 0 aliphatic carbocycles. The summed E-state index contributed by atoms with van der Waals surface area (Å²) in [7, 11) is 3.16. The van der Waals surface area contributed by atoms with Crippen LogP contribution in [-0.4, -0.2) is 48.7 Å². The molecule has 0 aromatic heterocycles. The predicted octanol–water partition coefficient (Wildman–Crippen LogP) is 4.05. The summed E-state index contributed by atoms with van der Waals surface area (Å²) in [6.07, 6.45) is 1.21. The average molecular weight is 466 g/mol. The Morgan fingerprint density at radius 2 is 1.54 bits per heavy atom. The van der Waals surface area contributed by atoms with Crippen molar-refractivity contribution >= 4 is 29.5 Å². The van der Waals surface area contributed by atoms with Crippen LogP contribution in [-0.2, 0) is 0 Å². The Morgan fingerprint density at radius 1 is 0.914 bits per heavy atom. The summed E-state index contributed by atoms with van der Waals surface area (Å²) in [6, 6.07) is 23.2. The van der Waals surface area contributed by atoms with Crippen molar-refractivity contribution in [2.24, 2.45) is 4.99 Å². The largest absolute Gasteiger partial charge is 0.493 e. The molecule has 5 rings (SSSR count). The van der Waals surface area contributed by atoms with Crippen LogP contribution in [0.1, 0.15) is 32.4 Å². The molecule has 2 heterocycles. The fourth-order valence-electron chi connectivity index (χ4n) is 4.08. The number of para-hydroxylation sites is 1. The Labute approximate surface area is 202 Å². The number of fused-ring (bicyclic) bond motifs is 2. The third kappa shape index (κ3) is 4.04. The van der Waals surface area contributed by atoms with Gasteiger partial charge in [-0.25, -0.2) is 4.99 Å². The molecule has 3 aromatic carbocycles. The first kappa shape index (κ1) is 22.0. The molecule has 1 unspecified atom stereocenters. The number of benzene rings is 3. The zero-order valence-electron chi connectivity index (χ0n) is 19.2. The number of hydrogen-bond acceptors (Lipinski definition) is 7. The van der Waals surface area contributed by atoms with E-state index in [2.05, 4.69) is 22.3 Å². The molecule has 0 saturated carbocycles. The quantitative estimate of drug-likeness (QED) is 0.451. The molecule has 0 bridgehead atoms. The van der Waals surface area contributed by atoms with Gasteiger partial charge in [0.15, 0.2) is 11.5 Å². The predicted molar refractivity (Wildman–Crippen MR) is 132 cm³/mol. The van der Waals surface area contributed by atoms with Crippen LogP contribution < -0.4 is 14.8 Å². The number of methoxy groups -OCH3 is 2. The van der Waals surface area contributed by atoms with Gasteiger partial charge in [-0.15, -0.1) is 0 Å². The minimum absolute atomic E-state index is 0.0342. The molecule has 3 aromatic rings. The number of nitrogens with zero attached hydrogens (tertiary/aromatic N) is 3. The summed E-state index contributed by atoms with van der Waals surface area (Å²) in [4.78, 5) is 32.7. The van der Waals surface area contributed by atoms with Gasteiger partial charge in [-0.3, -0.25) is 19.4 Å². The lowest BCUT2D eigenvalue weighted by Gasteiger charge is -2.31. The second kappa shape index (κ2) is 9.23. The van der Waals surface area contributed by atoms with E-state index in [0.717, 1.165) is 21.8 Å². The maximum atomic E-state index is 12.6. The van der Waals surface area contributed by atoms with Crippen LogP contribution in [0.3, 0.4) is 0 Å². The van der Waals surface area contributed by atoms with Gasteiger partial charge in [-0.1, -0.05) is 36.3 Å². The van der Waals surface area contributed by atoms with E-state index in [1.807, 2.05) is 42.5 Å². The van der Waals surface area contributed by atoms with Crippen LogP contribution in [0.2, 0.25) is 0 Å². The van der Waals surface area contributed by atoms with E-state index < -0.39 is 6.17 Å². The first-order valence-corrected chi connectivity index (χ1v) is 10.9. The van der Waals surface area contributed by atoms with E-state index in [9.17, 15) is 9.59 Å². The lowest BCUT2D eigenvalue weighted by Crippen LogP contribution is -2.33. The van der Waals surface area contributed by atoms with Crippen molar-refractivity contribution in [2.75, 3.05) is 26.1 Å². The second-order valence-corrected chi connectivity index (χ2v) is 7.86. The standard InChI is InChI=1S/C27H22N4O4/c1-34-23-15-21-22(16-24(23)35-2)28-17-30(25(21)29-18-9-4-3-5-10-18)13-8-14-31-26(32)19-11-6-7-12-20(19)27(31)33/h3-7,9-12,15-17,25,29H,14H2,1-2H3. The highest BCUT2D eigenvalue weighted by molar-refractivity contribution is 6.21. The van der Waals surface area contributed by atoms with Crippen molar-refractivity contribution in [2.45, 2.75) is 6.17 Å². The first-order valence-electron chi connectivity index (χ1n) is 10.9. The van der Waals surface area contributed by atoms with Gasteiger partial charge in [0.1, 0.15) is 12.5 Å². The van der Waals surface area contributed by atoms with Crippen LogP contribution in [0.25, 0.3) is 0 Å². The lowest BCUT2D eigenvalue weighted by atomic mass is 10.1. The molecule has 2 aliphatic rings. The molecule has 2 aliphatic heterocycles. The fourth-order valence-corrected chi connectivity index (χ4v) is 4.08. The van der Waals surface area contributed by atoms with Gasteiger partial charge in [0.2, 0.25) is 0 Å². The molecule has 8 heteroatoms. The molecule has 35 heavy (non-hydrogen) atoms. The minimum atomic E-state index is -0.403. The van der Waals surface area contributed by atoms with Crippen LogP contribution in [0.5, 0.6) is 11.5 Å². The summed E-state index contributed by atoms with van der Waals surface area (Å²) in [5, 5.41) is 3.47. The zero-order chi connectivity index (χ0) is 24.4. The number of amides is 2. The number of imide groups is 1. The summed E-state index contributed by atoms with van der Waals surface area (Å²) >= 11 is 0. The fraction of sp³-hybridized carbons (Fsp3) is 0.148. The van der Waals surface area contributed by atoms with E-state index in [1.165, 1.54) is 0 Å². The molecule has 0 radical (unpaired) electrons. The summed E-state index contributed by atoms with van der Waals surface area (Å²) < 4.78 is 10.9. The van der Waals surface area contributed by atoms with E-state index in [4.69, 9.17) is 9.47 Å². The minimum Gasteiger partial charge on any atom is -0.493 e. The summed E-state index contributed by atoms with van der Waals surface area (Å²) in [5.41, 5.74) is 3.24. The second-order valence-electron chi connectivity index (χ2n) is 7.86. The topological polar surface area (TPSA) is 83.5 Å². The highest BCUT2D eigenvalue weighted by Gasteiger charge is 2.34. The number of carbonyl (C=O) groups is 2. The first-order chi connectivity index (χ1) is 17.1. The number of rotatable bonds is 5. The van der Waals surface area contributed by atoms with Gasteiger partial charge in [-0.2, -0.15) is 0 Å². The Kier molecular flexibility index (Phi) is 5.81. The van der Waals surface area contributed by atoms with E-state index >= 15 is 0 Å². The highest BCUT2D eigenvalue weighted by Crippen LogP contribution is 2.41. The highest BCUT2D eigenvalue weighted by atomic mass is 16.5. The van der Waals surface area contributed by atoms with E-state index in [0.29, 0.717) is 22.6 Å². The monoisotopic (exact) mass is 466 g/mol. The van der Waals surface area contributed by atoms with Crippen molar-refractivity contribution in [3.05, 3.63) is 83.4 Å². The average Bonchev–Trinajstić information content (AvgIpc) is 3.14. The third-order valence-corrected chi connectivity index (χ3v) is 5.83. The van der Waals surface area contributed by atoms with E-state index in [1.54, 1.807) is 49.7 Å². The summed E-state index contributed by atoms with van der Waals surface area (Å²) in [5.74, 6) is 3.43. The smallest absolute Gasteiger partial charge is 0.262 e. The molecule has 0 fully saturated rings. The molecule has 174 valence electrons. The zero-order valence-corrected chi connectivity index (χ0v) is 19.2. The number of nitrogens with one attached hydrogen (secondary N) is 1. The van der Waals surface area contributed by atoms with E-state index in [-0.39, 0.29) is 18.4 Å². The van der Waals surface area contributed by atoms with Gasteiger partial charge in [0, 0.05) is 23.4 Å².